The highest BCUT2D eigenvalue weighted by molar-refractivity contribution is 7.13. The van der Waals surface area contributed by atoms with E-state index >= 15 is 0 Å². The van der Waals surface area contributed by atoms with Gasteiger partial charge in [0.25, 0.3) is 5.91 Å². The zero-order chi connectivity index (χ0) is 23.1. The molecule has 5 rings (SSSR count). The van der Waals surface area contributed by atoms with Gasteiger partial charge >= 0.3 is 0 Å². The SMILES string of the molecule is CCCOc1ccc(C2c3c(oc4ccc(Cl)cc4c3=O)C(=O)N2c2nccs2)cc1OC. The molecule has 2 aromatic heterocycles. The molecule has 0 radical (unpaired) electrons. The lowest BCUT2D eigenvalue weighted by molar-refractivity contribution is 0.0971. The predicted octanol–water partition coefficient (Wildman–Crippen LogP) is 5.45. The Balaban J connectivity index is 1.74. The molecule has 0 bridgehead atoms. The van der Waals surface area contributed by atoms with Crippen molar-refractivity contribution < 1.29 is 18.7 Å². The molecule has 1 aliphatic heterocycles. The Bertz CT molecular complexity index is 1420. The molecule has 168 valence electrons. The molecule has 1 aliphatic rings. The number of nitrogens with zero attached hydrogens (tertiary/aromatic N) is 2. The van der Waals surface area contributed by atoms with Crippen molar-refractivity contribution in [2.24, 2.45) is 0 Å². The summed E-state index contributed by atoms with van der Waals surface area (Å²) in [5.74, 6) is 0.671. The van der Waals surface area contributed by atoms with Crippen LogP contribution in [-0.4, -0.2) is 24.6 Å². The molecule has 33 heavy (non-hydrogen) atoms. The number of fused-ring (bicyclic) bond motifs is 2. The number of hydrogen-bond acceptors (Lipinski definition) is 7. The third kappa shape index (κ3) is 3.55. The second kappa shape index (κ2) is 8.53. The number of aromatic nitrogens is 1. The summed E-state index contributed by atoms with van der Waals surface area (Å²) in [6, 6.07) is 9.41. The largest absolute Gasteiger partial charge is 0.493 e. The lowest BCUT2D eigenvalue weighted by Crippen LogP contribution is -2.29. The van der Waals surface area contributed by atoms with Crippen molar-refractivity contribution in [3.63, 3.8) is 0 Å². The normalized spacial score (nSPS) is 15.2. The smallest absolute Gasteiger partial charge is 0.297 e. The van der Waals surface area contributed by atoms with Gasteiger partial charge < -0.3 is 13.9 Å². The molecule has 2 aromatic carbocycles. The molecular weight excluding hydrogens is 464 g/mol. The Hall–Kier alpha value is -3.36. The number of ether oxygens (including phenoxy) is 2. The summed E-state index contributed by atoms with van der Waals surface area (Å²) in [5, 5.41) is 2.96. The standard InChI is InChI=1S/C24H19ClN2O5S/c1-3-9-31-17-6-4-13(11-18(17)30-2)20-19-21(28)15-12-14(25)5-7-16(15)32-22(19)23(29)27(20)24-26-8-10-33-24/h4-8,10-12,20H,3,9H2,1-2H3. The molecule has 3 heterocycles. The number of methoxy groups -OCH3 is 1. The maximum Gasteiger partial charge on any atom is 0.297 e. The van der Waals surface area contributed by atoms with Crippen LogP contribution in [0.2, 0.25) is 5.02 Å². The highest BCUT2D eigenvalue weighted by Crippen LogP contribution is 2.43. The number of hydrogen-bond donors (Lipinski definition) is 0. The molecule has 0 N–H and O–H groups in total. The molecule has 0 spiro atoms. The first-order valence-corrected chi connectivity index (χ1v) is 11.6. The van der Waals surface area contributed by atoms with Crippen LogP contribution >= 0.6 is 22.9 Å². The van der Waals surface area contributed by atoms with E-state index in [9.17, 15) is 9.59 Å². The average Bonchev–Trinajstić information content (AvgIpc) is 3.45. The lowest BCUT2D eigenvalue weighted by Gasteiger charge is -2.23. The van der Waals surface area contributed by atoms with Crippen molar-refractivity contribution in [1.29, 1.82) is 0 Å². The summed E-state index contributed by atoms with van der Waals surface area (Å²) >= 11 is 7.44. The molecule has 1 atom stereocenters. The monoisotopic (exact) mass is 482 g/mol. The van der Waals surface area contributed by atoms with Gasteiger partial charge in [0.1, 0.15) is 5.58 Å². The zero-order valence-corrected chi connectivity index (χ0v) is 19.4. The first kappa shape index (κ1) is 21.5. The molecule has 1 unspecified atom stereocenters. The van der Waals surface area contributed by atoms with E-state index in [1.54, 1.807) is 49.0 Å². The Morgan fingerprint density at radius 3 is 2.76 bits per heavy atom. The fourth-order valence-electron chi connectivity index (χ4n) is 3.98. The highest BCUT2D eigenvalue weighted by Gasteiger charge is 2.45. The zero-order valence-electron chi connectivity index (χ0n) is 17.8. The highest BCUT2D eigenvalue weighted by atomic mass is 35.5. The Labute approximate surface area is 198 Å². The van der Waals surface area contributed by atoms with Crippen molar-refractivity contribution in [3.8, 4) is 11.5 Å². The van der Waals surface area contributed by atoms with Gasteiger partial charge in [-0.05, 0) is 42.3 Å². The van der Waals surface area contributed by atoms with E-state index in [0.29, 0.717) is 44.8 Å². The van der Waals surface area contributed by atoms with Crippen LogP contribution in [-0.2, 0) is 0 Å². The second-order valence-corrected chi connectivity index (χ2v) is 8.78. The van der Waals surface area contributed by atoms with Crippen LogP contribution < -0.4 is 19.8 Å². The number of benzene rings is 2. The average molecular weight is 483 g/mol. The second-order valence-electron chi connectivity index (χ2n) is 7.47. The minimum atomic E-state index is -0.743. The first-order chi connectivity index (χ1) is 16.0. The van der Waals surface area contributed by atoms with Gasteiger partial charge in [-0.2, -0.15) is 0 Å². The van der Waals surface area contributed by atoms with E-state index in [4.69, 9.17) is 25.5 Å². The van der Waals surface area contributed by atoms with E-state index in [1.807, 2.05) is 13.0 Å². The first-order valence-electron chi connectivity index (χ1n) is 10.3. The van der Waals surface area contributed by atoms with Gasteiger partial charge in [0.05, 0.1) is 30.7 Å². The Kier molecular flexibility index (Phi) is 5.55. The van der Waals surface area contributed by atoms with Gasteiger partial charge in [0.2, 0.25) is 5.76 Å². The van der Waals surface area contributed by atoms with Crippen molar-refractivity contribution in [2.75, 3.05) is 18.6 Å². The third-order valence-electron chi connectivity index (χ3n) is 5.42. The van der Waals surface area contributed by atoms with Crippen molar-refractivity contribution in [2.45, 2.75) is 19.4 Å². The molecular formula is C24H19ClN2O5S. The fourth-order valence-corrected chi connectivity index (χ4v) is 4.82. The van der Waals surface area contributed by atoms with E-state index in [-0.39, 0.29) is 16.8 Å². The third-order valence-corrected chi connectivity index (χ3v) is 6.43. The van der Waals surface area contributed by atoms with E-state index < -0.39 is 11.9 Å². The number of carbonyl (C=O) groups is 1. The molecule has 1 amide bonds. The number of halogens is 1. The molecule has 0 saturated heterocycles. The summed E-state index contributed by atoms with van der Waals surface area (Å²) < 4.78 is 17.2. The number of carbonyl (C=O) groups excluding carboxylic acids is 1. The van der Waals surface area contributed by atoms with Crippen molar-refractivity contribution in [3.05, 3.63) is 80.1 Å². The Morgan fingerprint density at radius 2 is 2.03 bits per heavy atom. The molecule has 4 aromatic rings. The number of thiazole rings is 1. The van der Waals surface area contributed by atoms with E-state index in [1.165, 1.54) is 16.2 Å². The van der Waals surface area contributed by atoms with Crippen LogP contribution in [0, 0.1) is 0 Å². The maximum atomic E-state index is 13.6. The molecule has 9 heteroatoms. The lowest BCUT2D eigenvalue weighted by atomic mass is 9.98. The van der Waals surface area contributed by atoms with Crippen LogP contribution in [0.25, 0.3) is 11.0 Å². The maximum absolute atomic E-state index is 13.6. The van der Waals surface area contributed by atoms with Gasteiger partial charge in [-0.25, -0.2) is 4.98 Å². The molecule has 0 fully saturated rings. The van der Waals surface area contributed by atoms with Gasteiger partial charge in [-0.3, -0.25) is 14.5 Å². The van der Waals surface area contributed by atoms with Crippen LogP contribution in [0.1, 0.15) is 41.1 Å². The number of anilines is 1. The Morgan fingerprint density at radius 1 is 1.18 bits per heavy atom. The van der Waals surface area contributed by atoms with Crippen LogP contribution in [0.15, 0.2) is 57.2 Å². The number of rotatable bonds is 6. The fraction of sp³-hybridized carbons (Fsp3) is 0.208. The van der Waals surface area contributed by atoms with Crippen molar-refractivity contribution >= 4 is 44.9 Å². The van der Waals surface area contributed by atoms with E-state index in [0.717, 1.165) is 6.42 Å². The summed E-state index contributed by atoms with van der Waals surface area (Å²) in [5.41, 5.74) is 0.912. The van der Waals surface area contributed by atoms with Gasteiger partial charge in [-0.15, -0.1) is 11.3 Å². The van der Waals surface area contributed by atoms with Gasteiger partial charge in [0.15, 0.2) is 22.1 Å². The minimum absolute atomic E-state index is 0.000277. The minimum Gasteiger partial charge on any atom is -0.493 e. The summed E-state index contributed by atoms with van der Waals surface area (Å²) in [6.07, 6.45) is 2.46. The van der Waals surface area contributed by atoms with E-state index in [2.05, 4.69) is 4.98 Å². The van der Waals surface area contributed by atoms with Crippen LogP contribution in [0.3, 0.4) is 0 Å². The van der Waals surface area contributed by atoms with Crippen LogP contribution in [0.4, 0.5) is 5.13 Å². The summed E-state index contributed by atoms with van der Waals surface area (Å²) in [7, 11) is 1.55. The van der Waals surface area contributed by atoms with Crippen molar-refractivity contribution in [1.82, 2.24) is 4.98 Å². The summed E-state index contributed by atoms with van der Waals surface area (Å²) in [4.78, 5) is 32.9. The topological polar surface area (TPSA) is 81.9 Å². The molecule has 0 saturated carbocycles. The van der Waals surface area contributed by atoms with Gasteiger partial charge in [0, 0.05) is 16.6 Å². The predicted molar refractivity (Wildman–Crippen MR) is 127 cm³/mol. The number of amides is 1. The molecule has 0 aliphatic carbocycles. The summed E-state index contributed by atoms with van der Waals surface area (Å²) in [6.45, 7) is 2.56. The van der Waals surface area contributed by atoms with Gasteiger partial charge in [-0.1, -0.05) is 24.6 Å². The quantitative estimate of drug-likeness (QED) is 0.363. The molecule has 7 nitrogen and oxygen atoms in total. The van der Waals surface area contributed by atoms with Crippen LogP contribution in [0.5, 0.6) is 11.5 Å².